The highest BCUT2D eigenvalue weighted by Gasteiger charge is 2.19. The monoisotopic (exact) mass is 382 g/mol. The maximum absolute atomic E-state index is 12.4. The van der Waals surface area contributed by atoms with Gasteiger partial charge in [-0.05, 0) is 43.4 Å². The highest BCUT2D eigenvalue weighted by molar-refractivity contribution is 5.95. The lowest BCUT2D eigenvalue weighted by atomic mass is 10.1. The first-order valence-corrected chi connectivity index (χ1v) is 9.78. The number of likely N-dealkylation sites (tertiary alicyclic amines) is 1. The van der Waals surface area contributed by atoms with Crippen LogP contribution >= 0.6 is 0 Å². The molecule has 0 aliphatic carbocycles. The van der Waals surface area contributed by atoms with Gasteiger partial charge in [-0.1, -0.05) is 30.3 Å². The molecular formula is C22H26N2O4. The van der Waals surface area contributed by atoms with Gasteiger partial charge in [0.2, 0.25) is 5.91 Å². The Balaban J connectivity index is 1.58. The maximum Gasteiger partial charge on any atom is 0.349 e. The quantitative estimate of drug-likeness (QED) is 0.798. The molecule has 6 heteroatoms. The summed E-state index contributed by atoms with van der Waals surface area (Å²) in [5, 5.41) is 2.73. The molecule has 1 saturated heterocycles. The number of hydrogen-bond donors (Lipinski definition) is 1. The topological polar surface area (TPSA) is 79.6 Å². The molecule has 1 N–H and O–H groups in total. The van der Waals surface area contributed by atoms with Gasteiger partial charge in [-0.2, -0.15) is 0 Å². The normalized spacial score (nSPS) is 14.2. The molecule has 0 radical (unpaired) electrons. The summed E-state index contributed by atoms with van der Waals surface area (Å²) in [6.07, 6.45) is 3.85. The third-order valence-corrected chi connectivity index (χ3v) is 5.02. The molecule has 1 aliphatic heterocycles. The van der Waals surface area contributed by atoms with E-state index in [1.165, 1.54) is 0 Å². The first kappa shape index (κ1) is 19.9. The second kappa shape index (κ2) is 9.35. The van der Waals surface area contributed by atoms with E-state index >= 15 is 0 Å². The van der Waals surface area contributed by atoms with E-state index < -0.39 is 11.5 Å². The van der Waals surface area contributed by atoms with Gasteiger partial charge in [0.05, 0.1) is 0 Å². The molecule has 0 spiro atoms. The van der Waals surface area contributed by atoms with Crippen LogP contribution in [0.4, 0.5) is 0 Å². The number of rotatable bonds is 7. The largest absolute Gasteiger partial charge is 0.427 e. The van der Waals surface area contributed by atoms with Crippen LogP contribution in [0.1, 0.15) is 46.5 Å². The smallest absolute Gasteiger partial charge is 0.349 e. The van der Waals surface area contributed by atoms with E-state index in [-0.39, 0.29) is 11.5 Å². The van der Waals surface area contributed by atoms with Crippen molar-refractivity contribution in [2.75, 3.05) is 19.6 Å². The van der Waals surface area contributed by atoms with Crippen molar-refractivity contribution >= 4 is 11.8 Å². The molecule has 6 nitrogen and oxygen atoms in total. The lowest BCUT2D eigenvalue weighted by molar-refractivity contribution is -0.133. The minimum atomic E-state index is -0.616. The number of piperidine rings is 1. The summed E-state index contributed by atoms with van der Waals surface area (Å²) in [4.78, 5) is 38.3. The fourth-order valence-electron chi connectivity index (χ4n) is 3.47. The molecule has 0 saturated carbocycles. The fraction of sp³-hybridized carbons (Fsp3) is 0.409. The van der Waals surface area contributed by atoms with Crippen LogP contribution in [0.15, 0.2) is 45.6 Å². The maximum atomic E-state index is 12.4. The Morgan fingerprint density at radius 1 is 1.14 bits per heavy atom. The number of nitrogens with one attached hydrogen (secondary N) is 1. The van der Waals surface area contributed by atoms with Gasteiger partial charge in [0.1, 0.15) is 11.3 Å². The van der Waals surface area contributed by atoms with Crippen molar-refractivity contribution in [1.29, 1.82) is 0 Å². The van der Waals surface area contributed by atoms with Crippen molar-refractivity contribution in [3.05, 3.63) is 69.3 Å². The van der Waals surface area contributed by atoms with Crippen molar-refractivity contribution < 1.29 is 14.0 Å². The number of hydrogen-bond acceptors (Lipinski definition) is 4. The molecule has 2 amide bonds. The summed E-state index contributed by atoms with van der Waals surface area (Å²) in [5.74, 6) is 0.242. The number of aryl methyl sites for hydroxylation is 3. The van der Waals surface area contributed by atoms with E-state index in [2.05, 4.69) is 5.32 Å². The summed E-state index contributed by atoms with van der Waals surface area (Å²) < 4.78 is 5.36. The highest BCUT2D eigenvalue weighted by Crippen LogP contribution is 2.11. The lowest BCUT2D eigenvalue weighted by Gasteiger charge is -2.26. The van der Waals surface area contributed by atoms with E-state index in [4.69, 9.17) is 4.42 Å². The van der Waals surface area contributed by atoms with Crippen molar-refractivity contribution in [2.24, 2.45) is 0 Å². The summed E-state index contributed by atoms with van der Waals surface area (Å²) in [5.41, 5.74) is 1.19. The molecule has 0 bridgehead atoms. The lowest BCUT2D eigenvalue weighted by Crippen LogP contribution is -2.41. The average molecular weight is 382 g/mol. The molecule has 3 rings (SSSR count). The van der Waals surface area contributed by atoms with E-state index in [9.17, 15) is 14.4 Å². The zero-order chi connectivity index (χ0) is 19.9. The van der Waals surface area contributed by atoms with Crippen LogP contribution in [-0.2, 0) is 17.6 Å². The number of nitrogens with zero attached hydrogens (tertiary/aromatic N) is 1. The minimum absolute atomic E-state index is 0.0356. The van der Waals surface area contributed by atoms with Crippen LogP contribution in [0, 0.1) is 6.92 Å². The van der Waals surface area contributed by atoms with Gasteiger partial charge >= 0.3 is 5.63 Å². The Morgan fingerprint density at radius 2 is 1.93 bits per heavy atom. The molecule has 0 unspecified atom stereocenters. The minimum Gasteiger partial charge on any atom is -0.427 e. The number of amides is 2. The molecule has 28 heavy (non-hydrogen) atoms. The number of carbonyl (C=O) groups is 2. The van der Waals surface area contributed by atoms with E-state index in [1.807, 2.05) is 30.3 Å². The van der Waals surface area contributed by atoms with Gasteiger partial charge in [0.15, 0.2) is 0 Å². The van der Waals surface area contributed by atoms with Crippen LogP contribution in [0.3, 0.4) is 0 Å². The molecule has 2 heterocycles. The van der Waals surface area contributed by atoms with Crippen molar-refractivity contribution in [3.63, 3.8) is 0 Å². The Labute approximate surface area is 164 Å². The predicted molar refractivity (Wildman–Crippen MR) is 106 cm³/mol. The molecular weight excluding hydrogens is 356 g/mol. The van der Waals surface area contributed by atoms with Gasteiger partial charge < -0.3 is 14.6 Å². The second-order valence-corrected chi connectivity index (χ2v) is 7.14. The molecule has 1 aromatic carbocycles. The van der Waals surface area contributed by atoms with Crippen molar-refractivity contribution in [1.82, 2.24) is 10.2 Å². The van der Waals surface area contributed by atoms with Gasteiger partial charge in [-0.3, -0.25) is 9.59 Å². The Hall–Kier alpha value is -2.89. The Morgan fingerprint density at radius 3 is 2.64 bits per heavy atom. The van der Waals surface area contributed by atoms with Crippen molar-refractivity contribution in [3.8, 4) is 0 Å². The SMILES string of the molecule is Cc1cc(CCc2ccccc2)oc(=O)c1C(=O)NCCN1CCCCC1=O. The molecule has 1 fully saturated rings. The van der Waals surface area contributed by atoms with Crippen LogP contribution in [-0.4, -0.2) is 36.3 Å². The zero-order valence-corrected chi connectivity index (χ0v) is 16.2. The van der Waals surface area contributed by atoms with Crippen LogP contribution < -0.4 is 10.9 Å². The fourth-order valence-corrected chi connectivity index (χ4v) is 3.47. The van der Waals surface area contributed by atoms with E-state index in [0.29, 0.717) is 37.3 Å². The number of carbonyl (C=O) groups excluding carboxylic acids is 2. The van der Waals surface area contributed by atoms with Crippen molar-refractivity contribution in [2.45, 2.75) is 39.0 Å². The van der Waals surface area contributed by atoms with Gasteiger partial charge in [-0.25, -0.2) is 4.79 Å². The molecule has 2 aromatic rings. The van der Waals surface area contributed by atoms with E-state index in [1.54, 1.807) is 17.9 Å². The number of benzene rings is 1. The second-order valence-electron chi connectivity index (χ2n) is 7.14. The standard InChI is InChI=1S/C22H26N2O4/c1-16-15-18(11-10-17-7-3-2-4-8-17)28-22(27)20(16)21(26)23-12-14-24-13-6-5-9-19(24)25/h2-4,7-8,15H,5-6,9-14H2,1H3,(H,23,26). The average Bonchev–Trinajstić information content (AvgIpc) is 2.68. The predicted octanol–water partition coefficient (Wildman–Crippen LogP) is 2.48. The summed E-state index contributed by atoms with van der Waals surface area (Å²) in [6, 6.07) is 11.7. The highest BCUT2D eigenvalue weighted by atomic mass is 16.4. The van der Waals surface area contributed by atoms with Crippen LogP contribution in [0.2, 0.25) is 0 Å². The molecule has 1 aromatic heterocycles. The first-order chi connectivity index (χ1) is 13.5. The van der Waals surface area contributed by atoms with Crippen LogP contribution in [0.5, 0.6) is 0 Å². The third-order valence-electron chi connectivity index (χ3n) is 5.02. The van der Waals surface area contributed by atoms with Crippen LogP contribution in [0.25, 0.3) is 0 Å². The molecule has 1 aliphatic rings. The van der Waals surface area contributed by atoms with E-state index in [0.717, 1.165) is 31.4 Å². The summed E-state index contributed by atoms with van der Waals surface area (Å²) in [6.45, 7) is 3.25. The van der Waals surface area contributed by atoms with Gasteiger partial charge in [-0.15, -0.1) is 0 Å². The van der Waals surface area contributed by atoms with Gasteiger partial charge in [0, 0.05) is 32.5 Å². The summed E-state index contributed by atoms with van der Waals surface area (Å²) >= 11 is 0. The Kier molecular flexibility index (Phi) is 6.63. The molecule has 148 valence electrons. The summed E-state index contributed by atoms with van der Waals surface area (Å²) in [7, 11) is 0. The third kappa shape index (κ3) is 5.09. The molecule has 0 atom stereocenters. The zero-order valence-electron chi connectivity index (χ0n) is 16.2. The van der Waals surface area contributed by atoms with Gasteiger partial charge in [0.25, 0.3) is 5.91 Å². The Bertz CT molecular complexity index is 889. The first-order valence-electron chi connectivity index (χ1n) is 9.78.